The van der Waals surface area contributed by atoms with Crippen LogP contribution in [0.25, 0.3) is 0 Å². The van der Waals surface area contributed by atoms with E-state index in [2.05, 4.69) is 15.3 Å². The Morgan fingerprint density at radius 1 is 1.46 bits per heavy atom. The molecule has 0 aliphatic rings. The Hall–Kier alpha value is -1.52. The van der Waals surface area contributed by atoms with Gasteiger partial charge in [-0.05, 0) is 0 Å². The van der Waals surface area contributed by atoms with Crippen molar-refractivity contribution in [3.8, 4) is 0 Å². The number of carbonyl (C=O) groups is 1. The van der Waals surface area contributed by atoms with E-state index in [0.717, 1.165) is 6.20 Å². The van der Waals surface area contributed by atoms with Crippen LogP contribution in [0, 0.1) is 5.95 Å². The molecule has 5 heteroatoms. The van der Waals surface area contributed by atoms with Crippen molar-refractivity contribution >= 4 is 11.7 Å². The first-order chi connectivity index (χ1) is 6.18. The SMILES string of the molecule is CC.CC(=O)Nc1cncc(F)n1. The van der Waals surface area contributed by atoms with Crippen LogP contribution >= 0.6 is 0 Å². The Kier molecular flexibility index (Phi) is 5.34. The number of carbonyl (C=O) groups excluding carboxylic acids is 1. The molecule has 0 radical (unpaired) electrons. The summed E-state index contributed by atoms with van der Waals surface area (Å²) in [5.41, 5.74) is 0. The van der Waals surface area contributed by atoms with E-state index in [-0.39, 0.29) is 11.7 Å². The average molecular weight is 185 g/mol. The minimum atomic E-state index is -0.712. The van der Waals surface area contributed by atoms with Crippen molar-refractivity contribution in [3.63, 3.8) is 0 Å². The molecule has 0 spiro atoms. The molecule has 0 fully saturated rings. The quantitative estimate of drug-likeness (QED) is 0.723. The second-order valence-corrected chi connectivity index (χ2v) is 1.91. The third kappa shape index (κ3) is 4.84. The first kappa shape index (κ1) is 11.5. The molecule has 0 atom stereocenters. The second-order valence-electron chi connectivity index (χ2n) is 1.91. The van der Waals surface area contributed by atoms with E-state index in [1.165, 1.54) is 13.1 Å². The number of halogens is 1. The van der Waals surface area contributed by atoms with Gasteiger partial charge in [0, 0.05) is 6.92 Å². The van der Waals surface area contributed by atoms with Crippen molar-refractivity contribution in [2.24, 2.45) is 0 Å². The van der Waals surface area contributed by atoms with Crippen LogP contribution in [-0.2, 0) is 4.79 Å². The predicted octanol–water partition coefficient (Wildman–Crippen LogP) is 1.60. The van der Waals surface area contributed by atoms with E-state index in [1.54, 1.807) is 0 Å². The lowest BCUT2D eigenvalue weighted by Crippen LogP contribution is -2.08. The van der Waals surface area contributed by atoms with Crippen molar-refractivity contribution in [2.45, 2.75) is 20.8 Å². The summed E-state index contributed by atoms with van der Waals surface area (Å²) in [7, 11) is 0. The number of aromatic nitrogens is 2. The summed E-state index contributed by atoms with van der Waals surface area (Å²) in [6.07, 6.45) is 2.23. The maximum absolute atomic E-state index is 12.3. The van der Waals surface area contributed by atoms with Gasteiger partial charge in [0.1, 0.15) is 0 Å². The Morgan fingerprint density at radius 2 is 2.08 bits per heavy atom. The molecule has 0 aliphatic carbocycles. The molecule has 0 aliphatic heterocycles. The monoisotopic (exact) mass is 185 g/mol. The van der Waals surface area contributed by atoms with Crippen LogP contribution in [-0.4, -0.2) is 15.9 Å². The minimum Gasteiger partial charge on any atom is -0.310 e. The maximum Gasteiger partial charge on any atom is 0.233 e. The molecule has 1 aromatic heterocycles. The average Bonchev–Trinajstić information content (AvgIpc) is 2.06. The molecular formula is C8H12FN3O. The van der Waals surface area contributed by atoms with E-state index < -0.39 is 5.95 Å². The zero-order valence-electron chi connectivity index (χ0n) is 7.84. The summed E-state index contributed by atoms with van der Waals surface area (Å²) < 4.78 is 12.3. The molecule has 4 nitrogen and oxygen atoms in total. The van der Waals surface area contributed by atoms with Gasteiger partial charge < -0.3 is 5.32 Å². The third-order valence-corrected chi connectivity index (χ3v) is 0.909. The molecule has 0 bridgehead atoms. The number of hydrogen-bond acceptors (Lipinski definition) is 3. The number of nitrogens with zero attached hydrogens (tertiary/aromatic N) is 2. The zero-order valence-corrected chi connectivity index (χ0v) is 7.84. The molecule has 0 unspecified atom stereocenters. The third-order valence-electron chi connectivity index (χ3n) is 0.909. The van der Waals surface area contributed by atoms with E-state index in [1.807, 2.05) is 13.8 Å². The highest BCUT2D eigenvalue weighted by atomic mass is 19.1. The highest BCUT2D eigenvalue weighted by Crippen LogP contribution is 1.99. The summed E-state index contributed by atoms with van der Waals surface area (Å²) >= 11 is 0. The molecule has 72 valence electrons. The first-order valence-electron chi connectivity index (χ1n) is 3.93. The second kappa shape index (κ2) is 6.05. The van der Waals surface area contributed by atoms with Crippen LogP contribution in [0.1, 0.15) is 20.8 Å². The number of amides is 1. The molecule has 0 aromatic carbocycles. The zero-order chi connectivity index (χ0) is 10.3. The Balaban J connectivity index is 0.000000671. The van der Waals surface area contributed by atoms with Gasteiger partial charge in [0.25, 0.3) is 0 Å². The highest BCUT2D eigenvalue weighted by Gasteiger charge is 1.97. The molecule has 1 aromatic rings. The van der Waals surface area contributed by atoms with Gasteiger partial charge in [-0.25, -0.2) is 0 Å². The van der Waals surface area contributed by atoms with Crippen molar-refractivity contribution in [1.29, 1.82) is 0 Å². The van der Waals surface area contributed by atoms with E-state index in [0.29, 0.717) is 0 Å². The number of hydrogen-bond donors (Lipinski definition) is 1. The summed E-state index contributed by atoms with van der Waals surface area (Å²) in [4.78, 5) is 17.3. The lowest BCUT2D eigenvalue weighted by Gasteiger charge is -1.97. The minimum absolute atomic E-state index is 0.123. The number of rotatable bonds is 1. The summed E-state index contributed by atoms with van der Waals surface area (Å²) in [6, 6.07) is 0. The first-order valence-corrected chi connectivity index (χ1v) is 3.93. The molecule has 1 N–H and O–H groups in total. The molecular weight excluding hydrogens is 173 g/mol. The van der Waals surface area contributed by atoms with Crippen molar-refractivity contribution in [1.82, 2.24) is 9.97 Å². The fraction of sp³-hybridized carbons (Fsp3) is 0.375. The van der Waals surface area contributed by atoms with Crippen LogP contribution in [0.4, 0.5) is 10.2 Å². The van der Waals surface area contributed by atoms with Gasteiger partial charge in [-0.2, -0.15) is 9.37 Å². The number of nitrogens with one attached hydrogen (secondary N) is 1. The predicted molar refractivity (Wildman–Crippen MR) is 47.6 cm³/mol. The number of anilines is 1. The maximum atomic E-state index is 12.3. The van der Waals surface area contributed by atoms with Gasteiger partial charge in [-0.1, -0.05) is 13.8 Å². The highest BCUT2D eigenvalue weighted by molar-refractivity contribution is 5.87. The lowest BCUT2D eigenvalue weighted by atomic mass is 10.6. The molecule has 0 saturated carbocycles. The molecule has 1 amide bonds. The van der Waals surface area contributed by atoms with Gasteiger partial charge in [-0.15, -0.1) is 0 Å². The van der Waals surface area contributed by atoms with Gasteiger partial charge in [0.05, 0.1) is 12.4 Å². The Morgan fingerprint density at radius 3 is 2.54 bits per heavy atom. The van der Waals surface area contributed by atoms with Crippen molar-refractivity contribution in [2.75, 3.05) is 5.32 Å². The fourth-order valence-electron chi connectivity index (χ4n) is 0.583. The van der Waals surface area contributed by atoms with Crippen LogP contribution in [0.3, 0.4) is 0 Å². The standard InChI is InChI=1S/C6H6FN3O.C2H6/c1-4(11)9-6-3-8-2-5(7)10-6;1-2/h2-3H,1H3,(H,9,10,11);1-2H3. The Labute approximate surface area is 76.2 Å². The van der Waals surface area contributed by atoms with Gasteiger partial charge in [0.15, 0.2) is 5.82 Å². The smallest absolute Gasteiger partial charge is 0.233 e. The van der Waals surface area contributed by atoms with E-state index in [9.17, 15) is 9.18 Å². The molecule has 13 heavy (non-hydrogen) atoms. The largest absolute Gasteiger partial charge is 0.310 e. The molecule has 1 rings (SSSR count). The normalized spacial score (nSPS) is 8.31. The van der Waals surface area contributed by atoms with Crippen LogP contribution in [0.5, 0.6) is 0 Å². The summed E-state index contributed by atoms with van der Waals surface area (Å²) in [6.45, 7) is 5.31. The van der Waals surface area contributed by atoms with Gasteiger partial charge in [-0.3, -0.25) is 9.78 Å². The Bertz CT molecular complexity index is 278. The van der Waals surface area contributed by atoms with Gasteiger partial charge in [0.2, 0.25) is 11.9 Å². The molecule has 1 heterocycles. The van der Waals surface area contributed by atoms with Crippen LogP contribution < -0.4 is 5.32 Å². The van der Waals surface area contributed by atoms with Crippen molar-refractivity contribution < 1.29 is 9.18 Å². The summed E-state index contributed by atoms with van der Waals surface area (Å²) in [5, 5.41) is 2.29. The van der Waals surface area contributed by atoms with Crippen molar-refractivity contribution in [3.05, 3.63) is 18.3 Å². The topological polar surface area (TPSA) is 54.9 Å². The fourth-order valence-corrected chi connectivity index (χ4v) is 0.583. The van der Waals surface area contributed by atoms with E-state index in [4.69, 9.17) is 0 Å². The van der Waals surface area contributed by atoms with Crippen LogP contribution in [0.15, 0.2) is 12.4 Å². The molecule has 0 saturated heterocycles. The lowest BCUT2D eigenvalue weighted by molar-refractivity contribution is -0.114. The summed E-state index contributed by atoms with van der Waals surface area (Å²) in [5.74, 6) is -0.890. The van der Waals surface area contributed by atoms with Gasteiger partial charge >= 0.3 is 0 Å². The van der Waals surface area contributed by atoms with E-state index >= 15 is 0 Å². The van der Waals surface area contributed by atoms with Crippen LogP contribution in [0.2, 0.25) is 0 Å².